The molecule has 0 aliphatic heterocycles. The quantitative estimate of drug-likeness (QED) is 0.430. The minimum absolute atomic E-state index is 0.154. The fourth-order valence-electron chi connectivity index (χ4n) is 1.77. The van der Waals surface area contributed by atoms with Gasteiger partial charge in [-0.15, -0.1) is 0 Å². The van der Waals surface area contributed by atoms with Gasteiger partial charge in [0.25, 0.3) is 0 Å². The van der Waals surface area contributed by atoms with E-state index in [0.29, 0.717) is 12.1 Å². The molecule has 5 heteroatoms. The molecule has 0 aliphatic rings. The maximum Gasteiger partial charge on any atom is 0.178 e. The number of hydrazone groups is 1. The van der Waals surface area contributed by atoms with Crippen LogP contribution in [0.1, 0.15) is 20.3 Å². The van der Waals surface area contributed by atoms with E-state index in [9.17, 15) is 4.79 Å². The van der Waals surface area contributed by atoms with Crippen molar-refractivity contribution in [1.82, 2.24) is 4.34 Å². The summed E-state index contributed by atoms with van der Waals surface area (Å²) in [4.78, 5) is 11.6. The molecule has 0 N–H and O–H groups in total. The van der Waals surface area contributed by atoms with Crippen molar-refractivity contribution < 1.29 is 4.79 Å². The van der Waals surface area contributed by atoms with Crippen molar-refractivity contribution >= 4 is 28.0 Å². The summed E-state index contributed by atoms with van der Waals surface area (Å²) in [5.74, 6) is 0.154. The Kier molecular flexibility index (Phi) is 5.13. The highest BCUT2D eigenvalue weighted by atomic mass is 28.4. The van der Waals surface area contributed by atoms with Gasteiger partial charge in [-0.1, -0.05) is 46.2 Å². The second-order valence-corrected chi connectivity index (χ2v) is 16.1. The van der Waals surface area contributed by atoms with Crippen molar-refractivity contribution in [3.63, 3.8) is 0 Å². The number of carbonyl (C=O) groups excluding carboxylic acids is 1. The van der Waals surface area contributed by atoms with Crippen LogP contribution < -0.4 is 0 Å². The molecule has 0 amide bonds. The molecule has 0 unspecified atom stereocenters. The Labute approximate surface area is 102 Å². The Bertz CT molecular complexity index is 273. The molecule has 0 saturated heterocycles. The maximum atomic E-state index is 11.6. The molecule has 16 heavy (non-hydrogen) atoms. The number of carbonyl (C=O) groups is 1. The van der Waals surface area contributed by atoms with Gasteiger partial charge in [-0.25, -0.2) is 0 Å². The molecule has 0 aromatic heterocycles. The number of nitrogens with zero attached hydrogens (tertiary/aromatic N) is 2. The molecule has 0 aromatic rings. The molecular formula is C11H26N2OSi2. The molecule has 0 heterocycles. The Hall–Kier alpha value is -0.426. The van der Waals surface area contributed by atoms with Gasteiger partial charge in [0, 0.05) is 6.42 Å². The smallest absolute Gasteiger partial charge is 0.178 e. The van der Waals surface area contributed by atoms with E-state index in [1.54, 1.807) is 0 Å². The van der Waals surface area contributed by atoms with E-state index < -0.39 is 16.5 Å². The van der Waals surface area contributed by atoms with Crippen LogP contribution in [0.3, 0.4) is 0 Å². The van der Waals surface area contributed by atoms with Crippen molar-refractivity contribution in [2.75, 3.05) is 0 Å². The lowest BCUT2D eigenvalue weighted by atomic mass is 10.2. The summed E-state index contributed by atoms with van der Waals surface area (Å²) >= 11 is 0. The number of ketones is 1. The standard InChI is InChI=1S/C11H26N2OSi2/c1-9-11(14)10(2)12-13(15(3,4)5)16(6,7)8/h9H2,1-8H3/b12-10+. The largest absolute Gasteiger partial charge is 0.349 e. The highest BCUT2D eigenvalue weighted by Crippen LogP contribution is 2.20. The lowest BCUT2D eigenvalue weighted by molar-refractivity contribution is -0.112. The van der Waals surface area contributed by atoms with Gasteiger partial charge in [0.15, 0.2) is 22.3 Å². The van der Waals surface area contributed by atoms with Gasteiger partial charge in [0.2, 0.25) is 0 Å². The zero-order valence-corrected chi connectivity index (χ0v) is 14.0. The Morgan fingerprint density at radius 1 is 1.06 bits per heavy atom. The molecule has 0 spiro atoms. The molecule has 94 valence electrons. The van der Waals surface area contributed by atoms with Crippen LogP contribution in [0.4, 0.5) is 0 Å². The first-order valence-corrected chi connectivity index (χ1v) is 12.8. The highest BCUT2D eigenvalue weighted by Gasteiger charge is 2.34. The lowest BCUT2D eigenvalue weighted by Gasteiger charge is -2.41. The van der Waals surface area contributed by atoms with Crippen LogP contribution in [0, 0.1) is 0 Å². The number of rotatable bonds is 5. The van der Waals surface area contributed by atoms with Crippen LogP contribution in [0.5, 0.6) is 0 Å². The summed E-state index contributed by atoms with van der Waals surface area (Å²) in [5.41, 5.74) is 0.660. The molecular weight excluding hydrogens is 232 g/mol. The minimum atomic E-state index is -1.49. The van der Waals surface area contributed by atoms with E-state index in [2.05, 4.69) is 48.7 Å². The molecule has 0 aliphatic carbocycles. The zero-order valence-electron chi connectivity index (χ0n) is 12.0. The number of Topliss-reactive ketones (excluding diaryl/α,β-unsaturated/α-hetero) is 1. The fraction of sp³-hybridized carbons (Fsp3) is 0.818. The summed E-state index contributed by atoms with van der Waals surface area (Å²) < 4.78 is 2.28. The second-order valence-electron chi connectivity index (χ2n) is 6.12. The lowest BCUT2D eigenvalue weighted by Crippen LogP contribution is -2.56. The first-order valence-electron chi connectivity index (χ1n) is 5.89. The molecule has 3 nitrogen and oxygen atoms in total. The van der Waals surface area contributed by atoms with Gasteiger partial charge >= 0.3 is 0 Å². The number of hydrogen-bond donors (Lipinski definition) is 0. The van der Waals surface area contributed by atoms with E-state index in [0.717, 1.165) is 0 Å². The highest BCUT2D eigenvalue weighted by molar-refractivity contribution is 6.89. The van der Waals surface area contributed by atoms with Crippen molar-refractivity contribution in [2.45, 2.75) is 59.6 Å². The second kappa shape index (κ2) is 5.27. The molecule has 0 aromatic carbocycles. The Balaban J connectivity index is 5.18. The van der Waals surface area contributed by atoms with Gasteiger partial charge in [-0.05, 0) is 6.92 Å². The van der Waals surface area contributed by atoms with Gasteiger partial charge in [-0.3, -0.25) is 4.79 Å². The molecule has 0 atom stereocenters. The van der Waals surface area contributed by atoms with Crippen molar-refractivity contribution in [2.24, 2.45) is 5.10 Å². The normalized spacial score (nSPS) is 13.9. The topological polar surface area (TPSA) is 32.7 Å². The average Bonchev–Trinajstić information content (AvgIpc) is 2.08. The van der Waals surface area contributed by atoms with Gasteiger partial charge in [-0.2, -0.15) is 5.10 Å². The first-order chi connectivity index (χ1) is 7.00. The van der Waals surface area contributed by atoms with Crippen molar-refractivity contribution in [3.8, 4) is 0 Å². The molecule has 0 fully saturated rings. The van der Waals surface area contributed by atoms with Gasteiger partial charge in [0.05, 0.1) is 5.71 Å². The summed E-state index contributed by atoms with van der Waals surface area (Å²) in [5, 5.41) is 4.61. The van der Waals surface area contributed by atoms with Gasteiger partial charge < -0.3 is 4.34 Å². The fourth-order valence-corrected chi connectivity index (χ4v) is 10.7. The third-order valence-corrected chi connectivity index (χ3v) is 9.01. The summed E-state index contributed by atoms with van der Waals surface area (Å²) in [7, 11) is -2.98. The van der Waals surface area contributed by atoms with Crippen LogP contribution >= 0.6 is 0 Å². The number of hydrogen-bond acceptors (Lipinski definition) is 3. The van der Waals surface area contributed by atoms with E-state index >= 15 is 0 Å². The Morgan fingerprint density at radius 2 is 1.44 bits per heavy atom. The predicted octanol–water partition coefficient (Wildman–Crippen LogP) is 3.31. The van der Waals surface area contributed by atoms with Crippen LogP contribution in [-0.2, 0) is 4.79 Å². The van der Waals surface area contributed by atoms with E-state index in [1.165, 1.54) is 0 Å². The first kappa shape index (κ1) is 15.6. The van der Waals surface area contributed by atoms with Gasteiger partial charge in [0.1, 0.15) is 0 Å². The minimum Gasteiger partial charge on any atom is -0.349 e. The summed E-state index contributed by atoms with van der Waals surface area (Å²) in [6, 6.07) is 0. The average molecular weight is 259 g/mol. The summed E-state index contributed by atoms with van der Waals surface area (Å²) in [6.45, 7) is 17.4. The molecule has 0 radical (unpaired) electrons. The maximum absolute atomic E-state index is 11.6. The zero-order chi connectivity index (χ0) is 13.1. The summed E-state index contributed by atoms with van der Waals surface area (Å²) in [6.07, 6.45) is 0.542. The Morgan fingerprint density at radius 3 is 1.69 bits per heavy atom. The van der Waals surface area contributed by atoms with Crippen LogP contribution in [-0.4, -0.2) is 32.3 Å². The SMILES string of the molecule is CCC(=O)/C(C)=N/N([Si](C)(C)C)[Si](C)(C)C. The van der Waals surface area contributed by atoms with Crippen LogP contribution in [0.15, 0.2) is 5.10 Å². The third-order valence-electron chi connectivity index (χ3n) is 2.25. The van der Waals surface area contributed by atoms with E-state index in [1.807, 2.05) is 13.8 Å². The molecule has 0 rings (SSSR count). The molecule has 0 bridgehead atoms. The van der Waals surface area contributed by atoms with Crippen molar-refractivity contribution in [1.29, 1.82) is 0 Å². The van der Waals surface area contributed by atoms with Crippen LogP contribution in [0.2, 0.25) is 39.3 Å². The molecule has 0 saturated carbocycles. The monoisotopic (exact) mass is 258 g/mol. The van der Waals surface area contributed by atoms with Crippen molar-refractivity contribution in [3.05, 3.63) is 0 Å². The third kappa shape index (κ3) is 4.61. The predicted molar refractivity (Wildman–Crippen MR) is 76.9 cm³/mol. The van der Waals surface area contributed by atoms with E-state index in [-0.39, 0.29) is 5.78 Å². The van der Waals surface area contributed by atoms with E-state index in [4.69, 9.17) is 0 Å². The van der Waals surface area contributed by atoms with Crippen LogP contribution in [0.25, 0.3) is 0 Å².